The van der Waals surface area contributed by atoms with Crippen LogP contribution in [0.15, 0.2) is 36.7 Å². The van der Waals surface area contributed by atoms with Gasteiger partial charge in [0.1, 0.15) is 5.75 Å². The van der Waals surface area contributed by atoms with Gasteiger partial charge in [0.15, 0.2) is 6.61 Å². The van der Waals surface area contributed by atoms with Gasteiger partial charge < -0.3 is 15.4 Å². The Labute approximate surface area is 127 Å². The summed E-state index contributed by atoms with van der Waals surface area (Å²) in [5.41, 5.74) is 2.47. The van der Waals surface area contributed by atoms with Crippen molar-refractivity contribution in [3.05, 3.63) is 47.2 Å². The van der Waals surface area contributed by atoms with E-state index in [1.165, 1.54) is 0 Å². The van der Waals surface area contributed by atoms with Gasteiger partial charge in [-0.3, -0.25) is 9.78 Å². The van der Waals surface area contributed by atoms with Crippen LogP contribution in [0.3, 0.4) is 0 Å². The highest BCUT2D eigenvalue weighted by Crippen LogP contribution is 2.32. The van der Waals surface area contributed by atoms with Crippen LogP contribution < -0.4 is 15.4 Å². The van der Waals surface area contributed by atoms with Crippen molar-refractivity contribution < 1.29 is 9.53 Å². The Hall–Kier alpha value is -2.27. The number of ether oxygens (including phenoxy) is 1. The van der Waals surface area contributed by atoms with E-state index < -0.39 is 0 Å². The molecule has 2 heterocycles. The number of halogens is 1. The second-order valence-electron chi connectivity index (χ2n) is 4.81. The third kappa shape index (κ3) is 2.92. The Kier molecular flexibility index (Phi) is 3.66. The summed E-state index contributed by atoms with van der Waals surface area (Å²) < 4.78 is 5.34. The lowest BCUT2D eigenvalue weighted by Crippen LogP contribution is -2.25. The maximum absolute atomic E-state index is 11.4. The summed E-state index contributed by atoms with van der Waals surface area (Å²) in [7, 11) is 0. The molecule has 1 aromatic carbocycles. The maximum atomic E-state index is 11.4. The molecule has 2 aromatic rings. The molecule has 1 aliphatic rings. The molecule has 0 radical (unpaired) electrons. The molecule has 1 unspecified atom stereocenters. The molecule has 0 fully saturated rings. The smallest absolute Gasteiger partial charge is 0.262 e. The number of amides is 1. The van der Waals surface area contributed by atoms with E-state index in [1.54, 1.807) is 18.5 Å². The fraction of sp³-hybridized carbons (Fsp3) is 0.200. The summed E-state index contributed by atoms with van der Waals surface area (Å²) in [6.45, 7) is 2.07. The topological polar surface area (TPSA) is 63.2 Å². The van der Waals surface area contributed by atoms with E-state index in [9.17, 15) is 4.79 Å². The van der Waals surface area contributed by atoms with Crippen LogP contribution in [0.5, 0.6) is 5.75 Å². The van der Waals surface area contributed by atoms with Crippen molar-refractivity contribution in [1.29, 1.82) is 0 Å². The van der Waals surface area contributed by atoms with Crippen molar-refractivity contribution >= 4 is 28.9 Å². The predicted octanol–water partition coefficient (Wildman–Crippen LogP) is 3.24. The summed E-state index contributed by atoms with van der Waals surface area (Å²) in [6.07, 6.45) is 3.33. The summed E-state index contributed by atoms with van der Waals surface area (Å²) in [5, 5.41) is 6.71. The molecule has 0 saturated carbocycles. The van der Waals surface area contributed by atoms with Crippen molar-refractivity contribution in [3.8, 4) is 5.75 Å². The van der Waals surface area contributed by atoms with Crippen LogP contribution in [-0.4, -0.2) is 17.5 Å². The summed E-state index contributed by atoms with van der Waals surface area (Å²) >= 11 is 6.11. The lowest BCUT2D eigenvalue weighted by Gasteiger charge is -2.21. The molecular weight excluding hydrogens is 290 g/mol. The molecule has 5 nitrogen and oxygen atoms in total. The fourth-order valence-corrected chi connectivity index (χ4v) is 2.33. The first-order valence-corrected chi connectivity index (χ1v) is 6.94. The zero-order valence-corrected chi connectivity index (χ0v) is 12.1. The minimum Gasteiger partial charge on any atom is -0.482 e. The Morgan fingerprint density at radius 3 is 3.10 bits per heavy atom. The lowest BCUT2D eigenvalue weighted by molar-refractivity contribution is -0.118. The van der Waals surface area contributed by atoms with E-state index in [1.807, 2.05) is 25.1 Å². The molecule has 6 heteroatoms. The van der Waals surface area contributed by atoms with Gasteiger partial charge in [-0.2, -0.15) is 0 Å². The van der Waals surface area contributed by atoms with E-state index in [0.717, 1.165) is 11.3 Å². The van der Waals surface area contributed by atoms with Crippen molar-refractivity contribution in [2.75, 3.05) is 17.2 Å². The molecule has 21 heavy (non-hydrogen) atoms. The average Bonchev–Trinajstić information content (AvgIpc) is 2.48. The number of anilines is 2. The number of hydrogen-bond acceptors (Lipinski definition) is 4. The van der Waals surface area contributed by atoms with Crippen LogP contribution >= 0.6 is 11.6 Å². The minimum atomic E-state index is -0.143. The van der Waals surface area contributed by atoms with Gasteiger partial charge in [-0.15, -0.1) is 0 Å². The molecule has 0 saturated heterocycles. The van der Waals surface area contributed by atoms with Crippen LogP contribution in [0.25, 0.3) is 0 Å². The molecule has 3 rings (SSSR count). The molecule has 108 valence electrons. The highest BCUT2D eigenvalue weighted by atomic mass is 35.5. The average molecular weight is 304 g/mol. The number of nitrogens with zero attached hydrogens (tertiary/aromatic N) is 1. The maximum Gasteiger partial charge on any atom is 0.262 e. The van der Waals surface area contributed by atoms with E-state index in [-0.39, 0.29) is 18.6 Å². The molecule has 0 aliphatic carbocycles. The predicted molar refractivity (Wildman–Crippen MR) is 81.9 cm³/mol. The van der Waals surface area contributed by atoms with Crippen LogP contribution in [0.1, 0.15) is 18.5 Å². The summed E-state index contributed by atoms with van der Waals surface area (Å²) in [4.78, 5) is 15.4. The van der Waals surface area contributed by atoms with Gasteiger partial charge in [-0.05, 0) is 30.7 Å². The number of pyridine rings is 1. The number of fused-ring (bicyclic) bond motifs is 1. The fourth-order valence-electron chi connectivity index (χ4n) is 2.17. The molecule has 2 N–H and O–H groups in total. The molecule has 1 atom stereocenters. The van der Waals surface area contributed by atoms with Gasteiger partial charge in [0, 0.05) is 12.2 Å². The molecule has 1 amide bonds. The molecule has 1 aromatic heterocycles. The number of rotatable bonds is 3. The van der Waals surface area contributed by atoms with Crippen molar-refractivity contribution in [1.82, 2.24) is 4.98 Å². The molecule has 0 bridgehead atoms. The van der Waals surface area contributed by atoms with Gasteiger partial charge in [0.05, 0.1) is 22.6 Å². The van der Waals surface area contributed by atoms with E-state index >= 15 is 0 Å². The first kappa shape index (κ1) is 13.7. The second kappa shape index (κ2) is 5.61. The van der Waals surface area contributed by atoms with Crippen LogP contribution in [0, 0.1) is 0 Å². The Balaban J connectivity index is 1.82. The van der Waals surface area contributed by atoms with E-state index in [4.69, 9.17) is 16.3 Å². The first-order valence-electron chi connectivity index (χ1n) is 6.56. The minimum absolute atomic E-state index is 0.0100. The van der Waals surface area contributed by atoms with Crippen molar-refractivity contribution in [2.45, 2.75) is 13.0 Å². The third-order valence-corrected chi connectivity index (χ3v) is 3.61. The van der Waals surface area contributed by atoms with Crippen molar-refractivity contribution in [3.63, 3.8) is 0 Å². The molecular formula is C15H14ClN3O2. The van der Waals surface area contributed by atoms with Gasteiger partial charge in [-0.25, -0.2) is 0 Å². The van der Waals surface area contributed by atoms with E-state index in [0.29, 0.717) is 16.5 Å². The van der Waals surface area contributed by atoms with E-state index in [2.05, 4.69) is 15.6 Å². The van der Waals surface area contributed by atoms with Gasteiger partial charge >= 0.3 is 0 Å². The van der Waals surface area contributed by atoms with Crippen LogP contribution in [-0.2, 0) is 4.79 Å². The number of nitrogens with one attached hydrogen (secondary N) is 2. The third-order valence-electron chi connectivity index (χ3n) is 3.28. The molecule has 1 aliphatic heterocycles. The quantitative estimate of drug-likeness (QED) is 0.913. The van der Waals surface area contributed by atoms with Gasteiger partial charge in [-0.1, -0.05) is 17.7 Å². The van der Waals surface area contributed by atoms with Crippen LogP contribution in [0.2, 0.25) is 5.02 Å². The number of carbonyl (C=O) groups is 1. The highest BCUT2D eigenvalue weighted by molar-refractivity contribution is 6.33. The van der Waals surface area contributed by atoms with Gasteiger partial charge in [0.25, 0.3) is 5.91 Å². The SMILES string of the molecule is CC(Nc1cnccc1Cl)c1ccc2c(c1)NC(=O)CO2. The monoisotopic (exact) mass is 303 g/mol. The highest BCUT2D eigenvalue weighted by Gasteiger charge is 2.17. The zero-order chi connectivity index (χ0) is 14.8. The second-order valence-corrected chi connectivity index (χ2v) is 5.22. The van der Waals surface area contributed by atoms with Crippen molar-refractivity contribution in [2.24, 2.45) is 0 Å². The van der Waals surface area contributed by atoms with Gasteiger partial charge in [0.2, 0.25) is 0 Å². The normalized spacial score (nSPS) is 14.7. The number of benzene rings is 1. The largest absolute Gasteiger partial charge is 0.482 e. The molecule has 0 spiro atoms. The summed E-state index contributed by atoms with van der Waals surface area (Å²) in [5.74, 6) is 0.542. The first-order chi connectivity index (χ1) is 10.1. The Morgan fingerprint density at radius 2 is 2.29 bits per heavy atom. The Morgan fingerprint density at radius 1 is 1.43 bits per heavy atom. The Bertz CT molecular complexity index is 690. The number of aromatic nitrogens is 1. The number of carbonyl (C=O) groups excluding carboxylic acids is 1. The standard InChI is InChI=1S/C15H14ClN3O2/c1-9(18-13-7-17-5-4-11(13)16)10-2-3-14-12(6-10)19-15(20)8-21-14/h2-7,9,18H,8H2,1H3,(H,19,20). The summed E-state index contributed by atoms with van der Waals surface area (Å²) in [6, 6.07) is 7.45. The zero-order valence-electron chi connectivity index (χ0n) is 11.4. The lowest BCUT2D eigenvalue weighted by atomic mass is 10.1. The number of hydrogen-bond donors (Lipinski definition) is 2. The van der Waals surface area contributed by atoms with Crippen LogP contribution in [0.4, 0.5) is 11.4 Å².